The van der Waals surface area contributed by atoms with Gasteiger partial charge in [-0.2, -0.15) is 0 Å². The van der Waals surface area contributed by atoms with Gasteiger partial charge in [0.25, 0.3) is 0 Å². The number of aromatic nitrogens is 1. The Hall–Kier alpha value is -2.45. The summed E-state index contributed by atoms with van der Waals surface area (Å²) in [6.45, 7) is 20.3. The van der Waals surface area contributed by atoms with E-state index in [0.717, 1.165) is 11.2 Å². The predicted octanol–water partition coefficient (Wildman–Crippen LogP) is 9.15. The highest BCUT2D eigenvalue weighted by Gasteiger charge is 2.19. The lowest BCUT2D eigenvalue weighted by Crippen LogP contribution is -2.11. The maximum absolute atomic E-state index is 5.08. The average Bonchev–Trinajstić information content (AvgIpc) is 3.08. The van der Waals surface area contributed by atoms with E-state index in [2.05, 4.69) is 111 Å². The summed E-state index contributed by atoms with van der Waals surface area (Å²) in [4.78, 5) is 6.39. The van der Waals surface area contributed by atoms with Crippen LogP contribution in [0, 0.1) is 20.8 Å². The Bertz CT molecular complexity index is 1290. The van der Waals surface area contributed by atoms with Gasteiger partial charge in [0.05, 0.1) is 15.9 Å². The number of pyridine rings is 1. The van der Waals surface area contributed by atoms with Crippen LogP contribution in [-0.2, 0) is 10.8 Å². The predicted molar refractivity (Wildman–Crippen MR) is 142 cm³/mol. The van der Waals surface area contributed by atoms with Gasteiger partial charge in [-0.15, -0.1) is 11.3 Å². The van der Waals surface area contributed by atoms with Crippen LogP contribution in [0.1, 0.15) is 69.4 Å². The maximum Gasteiger partial charge on any atom is 0.0823 e. The first kappa shape index (κ1) is 22.7. The normalized spacial score (nSPS) is 12.5. The Labute approximate surface area is 197 Å². The van der Waals surface area contributed by atoms with Gasteiger partial charge in [-0.25, -0.2) is 4.98 Å². The number of rotatable bonds is 2. The Balaban J connectivity index is 1.80. The largest absolute Gasteiger partial charge is 0.247 e. The highest BCUT2D eigenvalue weighted by molar-refractivity contribution is 7.22. The molecule has 0 unspecified atom stereocenters. The number of aryl methyl sites for hydroxylation is 3. The maximum atomic E-state index is 5.08. The minimum absolute atomic E-state index is 0.120. The molecule has 0 aliphatic carbocycles. The van der Waals surface area contributed by atoms with E-state index >= 15 is 0 Å². The van der Waals surface area contributed by atoms with Crippen molar-refractivity contribution in [3.05, 3.63) is 76.3 Å². The molecule has 4 rings (SSSR count). The van der Waals surface area contributed by atoms with E-state index in [1.807, 2.05) is 11.3 Å². The lowest BCUT2D eigenvalue weighted by molar-refractivity contribution is 0.589. The second-order valence-electron chi connectivity index (χ2n) is 11.3. The van der Waals surface area contributed by atoms with Gasteiger partial charge in [-0.1, -0.05) is 65.3 Å². The van der Waals surface area contributed by atoms with E-state index in [-0.39, 0.29) is 10.8 Å². The molecular formula is C30H35NS. The summed E-state index contributed by atoms with van der Waals surface area (Å²) in [7, 11) is 0. The van der Waals surface area contributed by atoms with Crippen molar-refractivity contribution in [3.63, 3.8) is 0 Å². The molecule has 0 saturated carbocycles. The minimum Gasteiger partial charge on any atom is -0.247 e. The average molecular weight is 442 g/mol. The van der Waals surface area contributed by atoms with Gasteiger partial charge in [0, 0.05) is 10.4 Å². The van der Waals surface area contributed by atoms with Gasteiger partial charge >= 0.3 is 0 Å². The summed E-state index contributed by atoms with van der Waals surface area (Å²) in [5.41, 5.74) is 11.7. The van der Waals surface area contributed by atoms with Gasteiger partial charge < -0.3 is 0 Å². The fourth-order valence-corrected chi connectivity index (χ4v) is 5.53. The number of fused-ring (bicyclic) bond motifs is 1. The molecule has 0 aliphatic rings. The van der Waals surface area contributed by atoms with Gasteiger partial charge in [0.2, 0.25) is 0 Å². The van der Waals surface area contributed by atoms with Crippen LogP contribution in [0.15, 0.2) is 48.5 Å². The number of thiophene rings is 1. The zero-order valence-electron chi connectivity index (χ0n) is 21.0. The third-order valence-electron chi connectivity index (χ3n) is 6.26. The molecule has 1 nitrogen and oxygen atoms in total. The van der Waals surface area contributed by atoms with Crippen molar-refractivity contribution in [2.24, 2.45) is 0 Å². The van der Waals surface area contributed by atoms with Gasteiger partial charge in [0.1, 0.15) is 0 Å². The van der Waals surface area contributed by atoms with E-state index in [0.29, 0.717) is 0 Å². The lowest BCUT2D eigenvalue weighted by atomic mass is 9.83. The molecule has 2 aromatic carbocycles. The third-order valence-corrected chi connectivity index (χ3v) is 7.36. The molecule has 0 saturated heterocycles. The molecule has 0 fully saturated rings. The van der Waals surface area contributed by atoms with Crippen LogP contribution in [-0.4, -0.2) is 4.98 Å². The quantitative estimate of drug-likeness (QED) is 0.302. The molecule has 32 heavy (non-hydrogen) atoms. The molecule has 166 valence electrons. The van der Waals surface area contributed by atoms with Crippen LogP contribution in [0.2, 0.25) is 0 Å². The number of hydrogen-bond acceptors (Lipinski definition) is 2. The standard InChI is InChI=1S/C30H35NS/c1-18-12-21(16-22(13-18)29(4,5)6)24-10-11-26-25(31-24)17-27(32-26)28-19(2)14-23(15-20(28)3)30(7,8)9/h10-17H,1-9H3. The van der Waals surface area contributed by atoms with Gasteiger partial charge in [-0.3, -0.25) is 0 Å². The van der Waals surface area contributed by atoms with Crippen LogP contribution >= 0.6 is 11.3 Å². The van der Waals surface area contributed by atoms with Crippen molar-refractivity contribution in [3.8, 4) is 21.7 Å². The topological polar surface area (TPSA) is 12.9 Å². The van der Waals surface area contributed by atoms with E-state index < -0.39 is 0 Å². The van der Waals surface area contributed by atoms with E-state index in [1.54, 1.807) is 0 Å². The molecule has 2 heteroatoms. The first-order valence-electron chi connectivity index (χ1n) is 11.5. The SMILES string of the molecule is Cc1cc(-c2ccc3sc(-c4c(C)cc(C(C)(C)C)cc4C)cc3n2)cc(C(C)(C)C)c1. The second-order valence-corrected chi connectivity index (χ2v) is 12.3. The van der Waals surface area contributed by atoms with E-state index in [1.165, 1.54) is 48.5 Å². The molecular weight excluding hydrogens is 406 g/mol. The summed E-state index contributed by atoms with van der Waals surface area (Å²) in [5.74, 6) is 0. The van der Waals surface area contributed by atoms with Crippen LogP contribution in [0.4, 0.5) is 0 Å². The number of nitrogens with zero attached hydrogens (tertiary/aromatic N) is 1. The monoisotopic (exact) mass is 441 g/mol. The zero-order valence-corrected chi connectivity index (χ0v) is 21.8. The van der Waals surface area contributed by atoms with Crippen molar-refractivity contribution >= 4 is 21.6 Å². The van der Waals surface area contributed by atoms with E-state index in [4.69, 9.17) is 4.98 Å². The number of hydrogen-bond donors (Lipinski definition) is 0. The summed E-state index contributed by atoms with van der Waals surface area (Å²) < 4.78 is 1.24. The summed E-state index contributed by atoms with van der Waals surface area (Å²) in [5, 5.41) is 0. The second kappa shape index (κ2) is 7.85. The van der Waals surface area contributed by atoms with Gasteiger partial charge in [0.15, 0.2) is 0 Å². The Kier molecular flexibility index (Phi) is 5.57. The van der Waals surface area contributed by atoms with Crippen molar-refractivity contribution in [2.45, 2.75) is 73.1 Å². The van der Waals surface area contributed by atoms with Crippen molar-refractivity contribution in [1.82, 2.24) is 4.98 Å². The smallest absolute Gasteiger partial charge is 0.0823 e. The van der Waals surface area contributed by atoms with Crippen molar-refractivity contribution in [2.75, 3.05) is 0 Å². The Morgan fingerprint density at radius 3 is 1.88 bits per heavy atom. The van der Waals surface area contributed by atoms with Crippen LogP contribution in [0.25, 0.3) is 31.9 Å². The minimum atomic E-state index is 0.120. The van der Waals surface area contributed by atoms with Crippen LogP contribution in [0.3, 0.4) is 0 Å². The molecule has 0 spiro atoms. The third kappa shape index (κ3) is 4.38. The molecule has 0 bridgehead atoms. The molecule has 0 aliphatic heterocycles. The highest BCUT2D eigenvalue weighted by Crippen LogP contribution is 2.39. The molecule has 0 atom stereocenters. The fourth-order valence-electron chi connectivity index (χ4n) is 4.36. The number of benzene rings is 2. The first-order valence-corrected chi connectivity index (χ1v) is 12.3. The van der Waals surface area contributed by atoms with Crippen molar-refractivity contribution in [1.29, 1.82) is 0 Å². The van der Waals surface area contributed by atoms with E-state index in [9.17, 15) is 0 Å². The molecule has 2 aromatic heterocycles. The van der Waals surface area contributed by atoms with Crippen LogP contribution < -0.4 is 0 Å². The zero-order chi connectivity index (χ0) is 23.4. The Morgan fingerprint density at radius 1 is 0.688 bits per heavy atom. The lowest BCUT2D eigenvalue weighted by Gasteiger charge is -2.22. The van der Waals surface area contributed by atoms with Gasteiger partial charge in [-0.05, 0) is 89.8 Å². The Morgan fingerprint density at radius 2 is 1.28 bits per heavy atom. The molecule has 0 radical (unpaired) electrons. The summed E-state index contributed by atoms with van der Waals surface area (Å²) >= 11 is 1.84. The summed E-state index contributed by atoms with van der Waals surface area (Å²) in [6.07, 6.45) is 0. The molecule has 4 aromatic rings. The van der Waals surface area contributed by atoms with Crippen LogP contribution in [0.5, 0.6) is 0 Å². The van der Waals surface area contributed by atoms with Crippen molar-refractivity contribution < 1.29 is 0 Å². The first-order chi connectivity index (χ1) is 14.8. The fraction of sp³-hybridized carbons (Fsp3) is 0.367. The molecule has 0 amide bonds. The summed E-state index contributed by atoms with van der Waals surface area (Å²) in [6, 6.07) is 18.2. The molecule has 0 N–H and O–H groups in total. The highest BCUT2D eigenvalue weighted by atomic mass is 32.1. The molecule has 2 heterocycles.